The molecule has 1 unspecified atom stereocenters. The summed E-state index contributed by atoms with van der Waals surface area (Å²) in [4.78, 5) is 12.6. The summed E-state index contributed by atoms with van der Waals surface area (Å²) in [5.41, 5.74) is 2.19. The number of carbonyl (C=O) groups excluding carboxylic acids is 1. The number of aromatic nitrogens is 2. The smallest absolute Gasteiger partial charge is 0.254 e. The van der Waals surface area contributed by atoms with E-state index in [1.54, 1.807) is 10.9 Å². The van der Waals surface area contributed by atoms with Crippen LogP contribution in [0, 0.1) is 5.41 Å². The normalized spacial score (nSPS) is 12.9. The highest BCUT2D eigenvalue weighted by Crippen LogP contribution is 2.34. The van der Waals surface area contributed by atoms with Gasteiger partial charge in [0.15, 0.2) is 0 Å². The van der Waals surface area contributed by atoms with Crippen molar-refractivity contribution in [3.63, 3.8) is 0 Å². The molecule has 2 rings (SSSR count). The molecule has 130 valence electrons. The largest absolute Gasteiger partial charge is 0.396 e. The first-order valence-corrected chi connectivity index (χ1v) is 8.35. The van der Waals surface area contributed by atoms with Gasteiger partial charge in [-0.15, -0.1) is 0 Å². The van der Waals surface area contributed by atoms with Gasteiger partial charge in [-0.2, -0.15) is 5.10 Å². The van der Waals surface area contributed by atoms with Gasteiger partial charge in [0.2, 0.25) is 0 Å². The zero-order valence-corrected chi connectivity index (χ0v) is 14.9. The van der Waals surface area contributed by atoms with Crippen LogP contribution >= 0.6 is 0 Å². The third-order valence-electron chi connectivity index (χ3n) is 4.50. The minimum absolute atomic E-state index is 0.0226. The van der Waals surface area contributed by atoms with Crippen LogP contribution in [0.3, 0.4) is 0 Å². The summed E-state index contributed by atoms with van der Waals surface area (Å²) < 4.78 is 1.67. The molecule has 5 heteroatoms. The predicted molar refractivity (Wildman–Crippen MR) is 95.0 cm³/mol. The molecule has 0 fully saturated rings. The van der Waals surface area contributed by atoms with Gasteiger partial charge >= 0.3 is 0 Å². The van der Waals surface area contributed by atoms with Gasteiger partial charge in [0.25, 0.3) is 5.91 Å². The Kier molecular flexibility index (Phi) is 5.78. The SMILES string of the molecule is CCc1nn(C)cc1C(=O)NCC(c1ccccc1)C(C)(C)CO. The Morgan fingerprint density at radius 1 is 1.33 bits per heavy atom. The molecule has 5 nitrogen and oxygen atoms in total. The van der Waals surface area contributed by atoms with E-state index >= 15 is 0 Å². The Bertz CT molecular complexity index is 677. The molecule has 1 atom stereocenters. The number of aliphatic hydroxyl groups excluding tert-OH is 1. The molecule has 0 saturated carbocycles. The average Bonchev–Trinajstić information content (AvgIpc) is 2.96. The van der Waals surface area contributed by atoms with Crippen LogP contribution in [0.2, 0.25) is 0 Å². The van der Waals surface area contributed by atoms with E-state index in [2.05, 4.69) is 10.4 Å². The average molecular weight is 329 g/mol. The van der Waals surface area contributed by atoms with Gasteiger partial charge in [0, 0.05) is 32.3 Å². The van der Waals surface area contributed by atoms with Gasteiger partial charge < -0.3 is 10.4 Å². The third kappa shape index (κ3) is 4.03. The lowest BCUT2D eigenvalue weighted by Crippen LogP contribution is -2.37. The first-order chi connectivity index (χ1) is 11.4. The number of aliphatic hydroxyl groups is 1. The van der Waals surface area contributed by atoms with E-state index in [9.17, 15) is 9.90 Å². The Morgan fingerprint density at radius 3 is 2.58 bits per heavy atom. The van der Waals surface area contributed by atoms with Gasteiger partial charge in [0.05, 0.1) is 11.3 Å². The number of hydrogen-bond donors (Lipinski definition) is 2. The molecule has 1 aromatic heterocycles. The molecule has 1 amide bonds. The van der Waals surface area contributed by atoms with Crippen molar-refractivity contribution < 1.29 is 9.90 Å². The van der Waals surface area contributed by atoms with E-state index in [0.29, 0.717) is 18.5 Å². The molecule has 1 aromatic carbocycles. The zero-order valence-electron chi connectivity index (χ0n) is 14.9. The maximum absolute atomic E-state index is 12.6. The summed E-state index contributed by atoms with van der Waals surface area (Å²) in [5.74, 6) is -0.0935. The second kappa shape index (κ2) is 7.62. The van der Waals surface area contributed by atoms with Crippen LogP contribution in [-0.4, -0.2) is 33.9 Å². The highest BCUT2D eigenvalue weighted by atomic mass is 16.3. The number of amides is 1. The second-order valence-corrected chi connectivity index (χ2v) is 6.84. The Hall–Kier alpha value is -2.14. The lowest BCUT2D eigenvalue weighted by molar-refractivity contribution is 0.0919. The van der Waals surface area contributed by atoms with Crippen LogP contribution in [0.4, 0.5) is 0 Å². The van der Waals surface area contributed by atoms with Gasteiger partial charge in [-0.1, -0.05) is 51.1 Å². The van der Waals surface area contributed by atoms with E-state index in [0.717, 1.165) is 11.3 Å². The van der Waals surface area contributed by atoms with Crippen LogP contribution < -0.4 is 5.32 Å². The highest BCUT2D eigenvalue weighted by Gasteiger charge is 2.30. The Labute approximate surface area is 143 Å². The number of hydrogen-bond acceptors (Lipinski definition) is 3. The van der Waals surface area contributed by atoms with E-state index < -0.39 is 0 Å². The van der Waals surface area contributed by atoms with Crippen molar-refractivity contribution in [2.24, 2.45) is 12.5 Å². The summed E-state index contributed by atoms with van der Waals surface area (Å²) in [7, 11) is 1.82. The van der Waals surface area contributed by atoms with Crippen LogP contribution in [-0.2, 0) is 13.5 Å². The molecule has 2 N–H and O–H groups in total. The van der Waals surface area contributed by atoms with Crippen LogP contribution in [0.25, 0.3) is 0 Å². The first kappa shape index (κ1) is 18.2. The maximum atomic E-state index is 12.6. The lowest BCUT2D eigenvalue weighted by Gasteiger charge is -2.33. The third-order valence-corrected chi connectivity index (χ3v) is 4.50. The van der Waals surface area contributed by atoms with Crippen LogP contribution in [0.15, 0.2) is 36.5 Å². The first-order valence-electron chi connectivity index (χ1n) is 8.35. The van der Waals surface area contributed by atoms with Gasteiger partial charge in [-0.25, -0.2) is 0 Å². The number of aryl methyl sites for hydroxylation is 2. The summed E-state index contributed by atoms with van der Waals surface area (Å²) in [6.07, 6.45) is 2.47. The number of rotatable bonds is 7. The van der Waals surface area contributed by atoms with E-state index in [1.165, 1.54) is 0 Å². The fraction of sp³-hybridized carbons (Fsp3) is 0.474. The summed E-state index contributed by atoms with van der Waals surface area (Å²) in [6, 6.07) is 10.0. The highest BCUT2D eigenvalue weighted by molar-refractivity contribution is 5.95. The molecule has 0 saturated heterocycles. The lowest BCUT2D eigenvalue weighted by atomic mass is 9.75. The molecule has 0 aliphatic carbocycles. The van der Waals surface area contributed by atoms with Crippen molar-refractivity contribution in [2.45, 2.75) is 33.1 Å². The zero-order chi connectivity index (χ0) is 17.7. The van der Waals surface area contributed by atoms with Gasteiger partial charge in [-0.05, 0) is 17.4 Å². The number of nitrogens with zero attached hydrogens (tertiary/aromatic N) is 2. The van der Waals surface area contributed by atoms with Crippen molar-refractivity contribution in [1.29, 1.82) is 0 Å². The fourth-order valence-corrected chi connectivity index (χ4v) is 2.92. The van der Waals surface area contributed by atoms with Crippen molar-refractivity contribution in [1.82, 2.24) is 15.1 Å². The van der Waals surface area contributed by atoms with Gasteiger partial charge in [-0.3, -0.25) is 9.48 Å². The molecule has 0 spiro atoms. The van der Waals surface area contributed by atoms with E-state index in [4.69, 9.17) is 0 Å². The number of benzene rings is 1. The standard InChI is InChI=1S/C19H27N3O2/c1-5-17-15(12-22(4)21-17)18(24)20-11-16(19(2,3)13-23)14-9-7-6-8-10-14/h6-10,12,16,23H,5,11,13H2,1-4H3,(H,20,24). The summed E-state index contributed by atoms with van der Waals surface area (Å²) in [5, 5.41) is 17.1. The van der Waals surface area contributed by atoms with E-state index in [1.807, 2.05) is 58.2 Å². The van der Waals surface area contributed by atoms with Crippen LogP contribution in [0.5, 0.6) is 0 Å². The molecule has 0 radical (unpaired) electrons. The van der Waals surface area contributed by atoms with Crippen LogP contribution in [0.1, 0.15) is 48.3 Å². The molecule has 24 heavy (non-hydrogen) atoms. The van der Waals surface area contributed by atoms with Crippen molar-refractivity contribution in [3.05, 3.63) is 53.3 Å². The number of carbonyl (C=O) groups is 1. The quantitative estimate of drug-likeness (QED) is 0.820. The van der Waals surface area contributed by atoms with Gasteiger partial charge in [0.1, 0.15) is 0 Å². The summed E-state index contributed by atoms with van der Waals surface area (Å²) >= 11 is 0. The molecule has 0 aliphatic heterocycles. The van der Waals surface area contributed by atoms with E-state index in [-0.39, 0.29) is 23.8 Å². The Morgan fingerprint density at radius 2 is 2.00 bits per heavy atom. The van der Waals surface area contributed by atoms with Crippen molar-refractivity contribution in [2.75, 3.05) is 13.2 Å². The minimum atomic E-state index is -0.336. The molecular weight excluding hydrogens is 302 g/mol. The maximum Gasteiger partial charge on any atom is 0.254 e. The molecule has 1 heterocycles. The second-order valence-electron chi connectivity index (χ2n) is 6.84. The predicted octanol–water partition coefficient (Wildman–Crippen LogP) is 2.51. The molecule has 0 bridgehead atoms. The van der Waals surface area contributed by atoms with Crippen molar-refractivity contribution >= 4 is 5.91 Å². The topological polar surface area (TPSA) is 67.2 Å². The molecule has 0 aliphatic rings. The number of nitrogens with one attached hydrogen (secondary N) is 1. The minimum Gasteiger partial charge on any atom is -0.396 e. The molecular formula is C19H27N3O2. The fourth-order valence-electron chi connectivity index (χ4n) is 2.92. The van der Waals surface area contributed by atoms with Crippen molar-refractivity contribution in [3.8, 4) is 0 Å². The summed E-state index contributed by atoms with van der Waals surface area (Å²) in [6.45, 7) is 6.53. The monoisotopic (exact) mass is 329 g/mol. The molecule has 2 aromatic rings. The Balaban J connectivity index is 2.17.